The van der Waals surface area contributed by atoms with Gasteiger partial charge >= 0.3 is 0 Å². The second-order valence-electron chi connectivity index (χ2n) is 6.71. The van der Waals surface area contributed by atoms with Crippen molar-refractivity contribution in [3.63, 3.8) is 0 Å². The van der Waals surface area contributed by atoms with E-state index in [2.05, 4.69) is 24.4 Å². The van der Waals surface area contributed by atoms with Gasteiger partial charge in [-0.25, -0.2) is 0 Å². The van der Waals surface area contributed by atoms with E-state index in [1.165, 1.54) is 6.42 Å². The lowest BCUT2D eigenvalue weighted by Gasteiger charge is -2.34. The highest BCUT2D eigenvalue weighted by molar-refractivity contribution is 6.30. The minimum Gasteiger partial charge on any atom is -0.339 e. The molecule has 25 heavy (non-hydrogen) atoms. The number of hydrogen-bond acceptors (Lipinski definition) is 2. The number of halogens is 1. The number of carbonyl (C=O) groups is 1. The van der Waals surface area contributed by atoms with E-state index in [9.17, 15) is 4.79 Å². The monoisotopic (exact) mass is 356 g/mol. The summed E-state index contributed by atoms with van der Waals surface area (Å²) in [4.78, 5) is 14.7. The zero-order chi connectivity index (χ0) is 17.6. The molecule has 1 heterocycles. The summed E-state index contributed by atoms with van der Waals surface area (Å²) in [5.41, 5.74) is 2.20. The molecule has 2 unspecified atom stereocenters. The minimum absolute atomic E-state index is 0.0519. The highest BCUT2D eigenvalue weighted by Crippen LogP contribution is 2.24. The van der Waals surface area contributed by atoms with Crippen LogP contribution in [0.5, 0.6) is 0 Å². The van der Waals surface area contributed by atoms with Crippen molar-refractivity contribution in [3.05, 3.63) is 70.7 Å². The molecular formula is C21H25ClN2O. The molecule has 2 atom stereocenters. The fraction of sp³-hybridized carbons (Fsp3) is 0.381. The zero-order valence-electron chi connectivity index (χ0n) is 14.6. The molecular weight excluding hydrogens is 332 g/mol. The van der Waals surface area contributed by atoms with Crippen LogP contribution in [0.4, 0.5) is 0 Å². The number of rotatable bonds is 5. The first-order valence-corrected chi connectivity index (χ1v) is 9.36. The van der Waals surface area contributed by atoms with Crippen LogP contribution in [0.25, 0.3) is 0 Å². The molecule has 3 nitrogen and oxygen atoms in total. The molecule has 0 radical (unpaired) electrons. The molecule has 1 fully saturated rings. The summed E-state index contributed by atoms with van der Waals surface area (Å²) in [6, 6.07) is 18.3. The summed E-state index contributed by atoms with van der Waals surface area (Å²) in [6.07, 6.45) is 3.42. The van der Waals surface area contributed by atoms with Gasteiger partial charge in [0.1, 0.15) is 0 Å². The zero-order valence-corrected chi connectivity index (χ0v) is 15.4. The summed E-state index contributed by atoms with van der Waals surface area (Å²) in [5, 5.41) is 4.15. The molecule has 2 aromatic carbocycles. The van der Waals surface area contributed by atoms with E-state index in [1.54, 1.807) is 0 Å². The topological polar surface area (TPSA) is 32.3 Å². The Labute approximate surface area is 155 Å². The lowest BCUT2D eigenvalue weighted by atomic mass is 9.98. The van der Waals surface area contributed by atoms with Gasteiger partial charge in [0, 0.05) is 17.6 Å². The van der Waals surface area contributed by atoms with Crippen LogP contribution in [0.1, 0.15) is 43.4 Å². The second-order valence-corrected chi connectivity index (χ2v) is 7.15. The van der Waals surface area contributed by atoms with Gasteiger partial charge in [-0.1, -0.05) is 54.1 Å². The lowest BCUT2D eigenvalue weighted by Crippen LogP contribution is -2.46. The first-order valence-electron chi connectivity index (χ1n) is 8.98. The van der Waals surface area contributed by atoms with Gasteiger partial charge < -0.3 is 4.90 Å². The first-order chi connectivity index (χ1) is 12.1. The van der Waals surface area contributed by atoms with Crippen molar-refractivity contribution in [1.29, 1.82) is 0 Å². The molecule has 1 aliphatic rings. The molecule has 1 N–H and O–H groups in total. The van der Waals surface area contributed by atoms with Gasteiger partial charge in [0.2, 0.25) is 5.91 Å². The third-order valence-corrected chi connectivity index (χ3v) is 5.13. The van der Waals surface area contributed by atoms with Crippen LogP contribution in [0, 0.1) is 0 Å². The van der Waals surface area contributed by atoms with Crippen LogP contribution in [0.15, 0.2) is 54.6 Å². The van der Waals surface area contributed by atoms with Gasteiger partial charge in [-0.15, -0.1) is 0 Å². The van der Waals surface area contributed by atoms with E-state index in [0.29, 0.717) is 17.6 Å². The van der Waals surface area contributed by atoms with Gasteiger partial charge in [0.25, 0.3) is 0 Å². The standard InChI is InChI=1S/C21H25ClN2O/c1-16-8-5-6-13-24(16)20(25)15-23-21(17-9-3-2-4-10-17)18-11-7-12-19(22)14-18/h2-4,7,9-12,14,16,21,23H,5-6,8,13,15H2,1H3. The molecule has 0 bridgehead atoms. The van der Waals surface area contributed by atoms with Crippen molar-refractivity contribution in [3.8, 4) is 0 Å². The highest BCUT2D eigenvalue weighted by atomic mass is 35.5. The van der Waals surface area contributed by atoms with Crippen molar-refractivity contribution in [2.75, 3.05) is 13.1 Å². The maximum Gasteiger partial charge on any atom is 0.236 e. The average Bonchev–Trinajstić information content (AvgIpc) is 2.63. The molecule has 1 saturated heterocycles. The average molecular weight is 357 g/mol. The SMILES string of the molecule is CC1CCCCN1C(=O)CNC(c1ccccc1)c1cccc(Cl)c1. The number of likely N-dealkylation sites (tertiary alicyclic amines) is 1. The van der Waals surface area contributed by atoms with Crippen molar-refractivity contribution in [2.45, 2.75) is 38.3 Å². The quantitative estimate of drug-likeness (QED) is 0.860. The number of nitrogens with one attached hydrogen (secondary N) is 1. The maximum absolute atomic E-state index is 12.7. The number of carbonyl (C=O) groups excluding carboxylic acids is 1. The van der Waals surface area contributed by atoms with E-state index >= 15 is 0 Å². The largest absolute Gasteiger partial charge is 0.339 e. The molecule has 132 valence electrons. The number of piperidine rings is 1. The molecule has 2 aromatic rings. The van der Waals surface area contributed by atoms with E-state index < -0.39 is 0 Å². The fourth-order valence-corrected chi connectivity index (χ4v) is 3.72. The smallest absolute Gasteiger partial charge is 0.236 e. The Morgan fingerprint density at radius 1 is 1.16 bits per heavy atom. The maximum atomic E-state index is 12.7. The van der Waals surface area contributed by atoms with Gasteiger partial charge in [-0.3, -0.25) is 10.1 Å². The van der Waals surface area contributed by atoms with Gasteiger partial charge in [-0.2, -0.15) is 0 Å². The summed E-state index contributed by atoms with van der Waals surface area (Å²) in [7, 11) is 0. The Hall–Kier alpha value is -1.84. The van der Waals surface area contributed by atoms with Crippen molar-refractivity contribution in [1.82, 2.24) is 10.2 Å². The van der Waals surface area contributed by atoms with Crippen LogP contribution < -0.4 is 5.32 Å². The lowest BCUT2D eigenvalue weighted by molar-refractivity contribution is -0.133. The predicted octanol–water partition coefficient (Wildman–Crippen LogP) is 4.42. The van der Waals surface area contributed by atoms with Crippen molar-refractivity contribution >= 4 is 17.5 Å². The Morgan fingerprint density at radius 2 is 1.92 bits per heavy atom. The number of benzene rings is 2. The van der Waals surface area contributed by atoms with Crippen LogP contribution in [0.2, 0.25) is 5.02 Å². The molecule has 3 rings (SSSR count). The minimum atomic E-state index is -0.0519. The summed E-state index contributed by atoms with van der Waals surface area (Å²) in [5.74, 6) is 0.176. The first kappa shape index (κ1) is 18.0. The van der Waals surface area contributed by atoms with Gasteiger partial charge in [0.15, 0.2) is 0 Å². The van der Waals surface area contributed by atoms with E-state index in [0.717, 1.165) is 30.5 Å². The molecule has 0 aliphatic carbocycles. The number of nitrogens with zero attached hydrogens (tertiary/aromatic N) is 1. The Kier molecular flexibility index (Phi) is 6.11. The van der Waals surface area contributed by atoms with Crippen molar-refractivity contribution in [2.24, 2.45) is 0 Å². The highest BCUT2D eigenvalue weighted by Gasteiger charge is 2.24. The molecule has 4 heteroatoms. The van der Waals surface area contributed by atoms with E-state index in [4.69, 9.17) is 11.6 Å². The van der Waals surface area contributed by atoms with Gasteiger partial charge in [0.05, 0.1) is 12.6 Å². The Balaban J connectivity index is 1.75. The fourth-order valence-electron chi connectivity index (χ4n) is 3.52. The summed E-state index contributed by atoms with van der Waals surface area (Å²) >= 11 is 6.18. The normalized spacial score (nSPS) is 18.8. The molecule has 1 aliphatic heterocycles. The summed E-state index contributed by atoms with van der Waals surface area (Å²) in [6.45, 7) is 3.34. The van der Waals surface area contributed by atoms with Crippen LogP contribution in [0.3, 0.4) is 0 Å². The number of amides is 1. The number of hydrogen-bond donors (Lipinski definition) is 1. The van der Waals surface area contributed by atoms with Crippen LogP contribution >= 0.6 is 11.6 Å². The molecule has 1 amide bonds. The molecule has 0 aromatic heterocycles. The molecule has 0 spiro atoms. The third-order valence-electron chi connectivity index (χ3n) is 4.90. The van der Waals surface area contributed by atoms with Gasteiger partial charge in [-0.05, 0) is 49.4 Å². The molecule has 0 saturated carbocycles. The third kappa shape index (κ3) is 4.62. The van der Waals surface area contributed by atoms with E-state index in [1.807, 2.05) is 47.4 Å². The van der Waals surface area contributed by atoms with Crippen molar-refractivity contribution < 1.29 is 4.79 Å². The second kappa shape index (κ2) is 8.50. The van der Waals surface area contributed by atoms with Crippen LogP contribution in [-0.4, -0.2) is 29.9 Å². The Morgan fingerprint density at radius 3 is 2.64 bits per heavy atom. The Bertz CT molecular complexity index is 704. The van der Waals surface area contributed by atoms with Crippen LogP contribution in [-0.2, 0) is 4.79 Å². The predicted molar refractivity (Wildman–Crippen MR) is 103 cm³/mol. The van der Waals surface area contributed by atoms with E-state index in [-0.39, 0.29) is 11.9 Å². The summed E-state index contributed by atoms with van der Waals surface area (Å²) < 4.78 is 0.